The van der Waals surface area contributed by atoms with E-state index in [4.69, 9.17) is 0 Å². The van der Waals surface area contributed by atoms with E-state index in [1.807, 2.05) is 0 Å². The quantitative estimate of drug-likeness (QED) is 0.675. The van der Waals surface area contributed by atoms with Crippen LogP contribution in [0.25, 0.3) is 0 Å². The standard InChI is InChI=1S/C12H21N3O3/c16-10(17)12(3-1-2-4-12)9-14-11(18)15-7-5-13-6-8-15/h13H,1-9H2,(H,14,18)(H,16,17). The fourth-order valence-electron chi connectivity index (χ4n) is 2.74. The fraction of sp³-hybridized carbons (Fsp3) is 0.833. The highest BCUT2D eigenvalue weighted by Crippen LogP contribution is 2.37. The summed E-state index contributed by atoms with van der Waals surface area (Å²) in [7, 11) is 0. The Morgan fingerprint density at radius 2 is 1.83 bits per heavy atom. The largest absolute Gasteiger partial charge is 0.481 e. The molecule has 2 aliphatic rings. The zero-order valence-corrected chi connectivity index (χ0v) is 10.6. The Morgan fingerprint density at radius 1 is 1.22 bits per heavy atom. The molecule has 0 aromatic rings. The molecule has 1 aliphatic carbocycles. The average molecular weight is 255 g/mol. The highest BCUT2D eigenvalue weighted by molar-refractivity contribution is 5.78. The van der Waals surface area contributed by atoms with Gasteiger partial charge in [-0.2, -0.15) is 0 Å². The zero-order valence-electron chi connectivity index (χ0n) is 10.6. The van der Waals surface area contributed by atoms with E-state index >= 15 is 0 Å². The molecule has 0 aromatic heterocycles. The van der Waals surface area contributed by atoms with Crippen molar-refractivity contribution in [3.63, 3.8) is 0 Å². The third-order valence-electron chi connectivity index (χ3n) is 4.00. The summed E-state index contributed by atoms with van der Waals surface area (Å²) in [5.41, 5.74) is -0.732. The van der Waals surface area contributed by atoms with E-state index in [1.54, 1.807) is 4.90 Å². The molecule has 0 atom stereocenters. The summed E-state index contributed by atoms with van der Waals surface area (Å²) in [6.45, 7) is 3.23. The SMILES string of the molecule is O=C(NCC1(C(=O)O)CCCC1)N1CCNCC1. The fourth-order valence-corrected chi connectivity index (χ4v) is 2.74. The molecule has 2 rings (SSSR count). The van der Waals surface area contributed by atoms with E-state index in [1.165, 1.54) is 0 Å². The number of rotatable bonds is 3. The normalized spacial score (nSPS) is 22.8. The minimum atomic E-state index is -0.777. The van der Waals surface area contributed by atoms with E-state index in [0.29, 0.717) is 25.9 Å². The van der Waals surface area contributed by atoms with Crippen molar-refractivity contribution < 1.29 is 14.7 Å². The lowest BCUT2D eigenvalue weighted by molar-refractivity contribution is -0.148. The number of nitrogens with one attached hydrogen (secondary N) is 2. The molecule has 1 saturated carbocycles. The first kappa shape index (κ1) is 13.1. The van der Waals surface area contributed by atoms with Gasteiger partial charge in [-0.1, -0.05) is 12.8 Å². The second-order valence-electron chi connectivity index (χ2n) is 5.19. The van der Waals surface area contributed by atoms with Crippen LogP contribution < -0.4 is 10.6 Å². The van der Waals surface area contributed by atoms with Crippen molar-refractivity contribution in [1.29, 1.82) is 0 Å². The molecule has 6 nitrogen and oxygen atoms in total. The molecular weight excluding hydrogens is 234 g/mol. The summed E-state index contributed by atoms with van der Waals surface area (Å²) in [6.07, 6.45) is 3.22. The lowest BCUT2D eigenvalue weighted by Gasteiger charge is -2.30. The third-order valence-corrected chi connectivity index (χ3v) is 4.00. The monoisotopic (exact) mass is 255 g/mol. The lowest BCUT2D eigenvalue weighted by atomic mass is 9.86. The van der Waals surface area contributed by atoms with Crippen LogP contribution in [0.5, 0.6) is 0 Å². The van der Waals surface area contributed by atoms with Crippen LogP contribution in [0.15, 0.2) is 0 Å². The van der Waals surface area contributed by atoms with E-state index in [0.717, 1.165) is 25.9 Å². The Hall–Kier alpha value is -1.30. The number of amides is 2. The predicted molar refractivity (Wildman–Crippen MR) is 66.4 cm³/mol. The molecule has 6 heteroatoms. The number of aliphatic carboxylic acids is 1. The number of nitrogens with zero attached hydrogens (tertiary/aromatic N) is 1. The maximum absolute atomic E-state index is 11.9. The van der Waals surface area contributed by atoms with Gasteiger partial charge in [0.15, 0.2) is 0 Å². The second kappa shape index (κ2) is 5.56. The minimum Gasteiger partial charge on any atom is -0.481 e. The van der Waals surface area contributed by atoms with Crippen LogP contribution in [-0.2, 0) is 4.79 Å². The third kappa shape index (κ3) is 2.75. The van der Waals surface area contributed by atoms with Gasteiger partial charge < -0.3 is 20.6 Å². The molecule has 2 fully saturated rings. The number of urea groups is 1. The molecule has 1 saturated heterocycles. The van der Waals surface area contributed by atoms with Crippen LogP contribution in [0, 0.1) is 5.41 Å². The van der Waals surface area contributed by atoms with Gasteiger partial charge in [0.1, 0.15) is 0 Å². The Balaban J connectivity index is 1.85. The summed E-state index contributed by atoms with van der Waals surface area (Å²) in [5, 5.41) is 15.3. The summed E-state index contributed by atoms with van der Waals surface area (Å²) in [6, 6.07) is -0.135. The topological polar surface area (TPSA) is 81.7 Å². The van der Waals surface area contributed by atoms with Crippen molar-refractivity contribution in [1.82, 2.24) is 15.5 Å². The Labute approximate surface area is 107 Å². The highest BCUT2D eigenvalue weighted by atomic mass is 16.4. The molecule has 0 unspecified atom stereocenters. The molecular formula is C12H21N3O3. The summed E-state index contributed by atoms with van der Waals surface area (Å²) < 4.78 is 0. The van der Waals surface area contributed by atoms with Gasteiger partial charge in [-0.3, -0.25) is 4.79 Å². The summed E-state index contributed by atoms with van der Waals surface area (Å²) in [5.74, 6) is -0.777. The van der Waals surface area contributed by atoms with Gasteiger partial charge in [-0.05, 0) is 12.8 Å². The molecule has 102 valence electrons. The minimum absolute atomic E-state index is 0.135. The van der Waals surface area contributed by atoms with Crippen LogP contribution in [0.4, 0.5) is 4.79 Å². The number of hydrogen-bond donors (Lipinski definition) is 3. The second-order valence-corrected chi connectivity index (χ2v) is 5.19. The average Bonchev–Trinajstić information content (AvgIpc) is 2.87. The highest BCUT2D eigenvalue weighted by Gasteiger charge is 2.41. The van der Waals surface area contributed by atoms with E-state index in [-0.39, 0.29) is 12.6 Å². The molecule has 0 radical (unpaired) electrons. The summed E-state index contributed by atoms with van der Waals surface area (Å²) >= 11 is 0. The molecule has 1 heterocycles. The maximum Gasteiger partial charge on any atom is 0.317 e. The van der Waals surface area contributed by atoms with Gasteiger partial charge in [0, 0.05) is 32.7 Å². The Kier molecular flexibility index (Phi) is 4.06. The van der Waals surface area contributed by atoms with E-state index in [2.05, 4.69) is 10.6 Å². The van der Waals surface area contributed by atoms with Gasteiger partial charge in [0.05, 0.1) is 5.41 Å². The van der Waals surface area contributed by atoms with Gasteiger partial charge in [0.25, 0.3) is 0 Å². The van der Waals surface area contributed by atoms with Gasteiger partial charge in [-0.15, -0.1) is 0 Å². The lowest BCUT2D eigenvalue weighted by Crippen LogP contribution is -2.52. The molecule has 2 amide bonds. The van der Waals surface area contributed by atoms with Gasteiger partial charge in [0.2, 0.25) is 0 Å². The van der Waals surface area contributed by atoms with Crippen molar-refractivity contribution >= 4 is 12.0 Å². The first-order chi connectivity index (χ1) is 8.64. The van der Waals surface area contributed by atoms with Crippen LogP contribution in [0.2, 0.25) is 0 Å². The van der Waals surface area contributed by atoms with Crippen LogP contribution >= 0.6 is 0 Å². The van der Waals surface area contributed by atoms with Crippen molar-refractivity contribution in [2.75, 3.05) is 32.7 Å². The van der Waals surface area contributed by atoms with Crippen LogP contribution in [0.1, 0.15) is 25.7 Å². The van der Waals surface area contributed by atoms with E-state index < -0.39 is 11.4 Å². The number of hydrogen-bond acceptors (Lipinski definition) is 3. The molecule has 0 bridgehead atoms. The number of carbonyl (C=O) groups excluding carboxylic acids is 1. The van der Waals surface area contributed by atoms with Gasteiger partial charge in [-0.25, -0.2) is 4.79 Å². The Morgan fingerprint density at radius 3 is 2.39 bits per heavy atom. The number of piperazine rings is 1. The summed E-state index contributed by atoms with van der Waals surface area (Å²) in [4.78, 5) is 25.0. The molecule has 0 spiro atoms. The number of carbonyl (C=O) groups is 2. The molecule has 3 N–H and O–H groups in total. The van der Waals surface area contributed by atoms with Crippen LogP contribution in [0.3, 0.4) is 0 Å². The van der Waals surface area contributed by atoms with Crippen molar-refractivity contribution in [3.8, 4) is 0 Å². The predicted octanol–water partition coefficient (Wildman–Crippen LogP) is 0.246. The first-order valence-electron chi connectivity index (χ1n) is 6.61. The molecule has 1 aliphatic heterocycles. The van der Waals surface area contributed by atoms with Crippen LogP contribution in [-0.4, -0.2) is 54.7 Å². The number of carboxylic acid groups (broad SMARTS) is 1. The Bertz CT molecular complexity index is 321. The maximum atomic E-state index is 11.9. The molecule has 18 heavy (non-hydrogen) atoms. The van der Waals surface area contributed by atoms with Gasteiger partial charge >= 0.3 is 12.0 Å². The molecule has 0 aromatic carbocycles. The van der Waals surface area contributed by atoms with Crippen molar-refractivity contribution in [3.05, 3.63) is 0 Å². The first-order valence-corrected chi connectivity index (χ1v) is 6.61. The zero-order chi connectivity index (χ0) is 13.0. The van der Waals surface area contributed by atoms with Crippen molar-refractivity contribution in [2.24, 2.45) is 5.41 Å². The smallest absolute Gasteiger partial charge is 0.317 e. The van der Waals surface area contributed by atoms with E-state index in [9.17, 15) is 14.7 Å². The van der Waals surface area contributed by atoms with Crippen molar-refractivity contribution in [2.45, 2.75) is 25.7 Å². The number of carboxylic acids is 1.